The van der Waals surface area contributed by atoms with Crippen LogP contribution in [0.3, 0.4) is 0 Å². The molecule has 1 heterocycles. The predicted molar refractivity (Wildman–Crippen MR) is 98.6 cm³/mol. The number of para-hydroxylation sites is 1. The minimum absolute atomic E-state index is 0.0156. The largest absolute Gasteiger partial charge is 0.493 e. The van der Waals surface area contributed by atoms with Gasteiger partial charge in [0, 0.05) is 32.2 Å². The van der Waals surface area contributed by atoms with Crippen molar-refractivity contribution < 1.29 is 26.7 Å². The fourth-order valence-electron chi connectivity index (χ4n) is 3.05. The molecule has 0 aromatic heterocycles. The smallest absolute Gasteiger partial charge is 0.257 e. The van der Waals surface area contributed by atoms with E-state index < -0.39 is 26.6 Å². The molecule has 3 rings (SSSR count). The van der Waals surface area contributed by atoms with Gasteiger partial charge in [0.15, 0.2) is 0 Å². The number of benzene rings is 2. The van der Waals surface area contributed by atoms with Gasteiger partial charge in [-0.2, -0.15) is 4.31 Å². The van der Waals surface area contributed by atoms with Crippen LogP contribution < -0.4 is 4.74 Å². The van der Waals surface area contributed by atoms with E-state index in [1.54, 1.807) is 24.3 Å². The number of sulfonamides is 1. The Morgan fingerprint density at radius 1 is 1.07 bits per heavy atom. The molecule has 0 atom stereocenters. The summed E-state index contributed by atoms with van der Waals surface area (Å²) in [5.41, 5.74) is 0.408. The summed E-state index contributed by atoms with van der Waals surface area (Å²) in [6.07, 6.45) is 0. The van der Waals surface area contributed by atoms with E-state index in [9.17, 15) is 22.0 Å². The van der Waals surface area contributed by atoms with Crippen molar-refractivity contribution in [3.8, 4) is 5.75 Å². The Labute approximate surface area is 162 Å². The van der Waals surface area contributed by atoms with E-state index in [-0.39, 0.29) is 32.1 Å². The zero-order valence-corrected chi connectivity index (χ0v) is 16.1. The molecular weight excluding hydrogens is 390 g/mol. The molecule has 1 saturated heterocycles. The van der Waals surface area contributed by atoms with Crippen LogP contribution in [0.1, 0.15) is 17.3 Å². The van der Waals surface area contributed by atoms with E-state index in [4.69, 9.17) is 4.74 Å². The number of rotatable bonds is 5. The number of ether oxygens (including phenoxy) is 1. The molecule has 28 heavy (non-hydrogen) atoms. The number of halogens is 2. The van der Waals surface area contributed by atoms with Crippen LogP contribution >= 0.6 is 0 Å². The third kappa shape index (κ3) is 4.00. The standard InChI is InChI=1S/C19H20F2N2O4S/c1-2-27-17-6-4-3-5-15(17)19(24)22-9-11-23(12-10-22)28(25,26)18-8-7-14(20)13-16(18)21/h3-8,13H,2,9-12H2,1H3. The summed E-state index contributed by atoms with van der Waals surface area (Å²) < 4.78 is 58.9. The van der Waals surface area contributed by atoms with Crippen LogP contribution in [0.15, 0.2) is 47.4 Å². The van der Waals surface area contributed by atoms with Gasteiger partial charge in [-0.05, 0) is 31.2 Å². The maximum absolute atomic E-state index is 13.9. The van der Waals surface area contributed by atoms with Crippen molar-refractivity contribution in [3.63, 3.8) is 0 Å². The number of hydrogen-bond acceptors (Lipinski definition) is 4. The molecule has 2 aromatic rings. The fraction of sp³-hybridized carbons (Fsp3) is 0.316. The molecule has 0 unspecified atom stereocenters. The first-order chi connectivity index (χ1) is 13.3. The van der Waals surface area contributed by atoms with Crippen LogP contribution in [0.5, 0.6) is 5.75 Å². The van der Waals surface area contributed by atoms with Gasteiger partial charge in [-0.1, -0.05) is 12.1 Å². The number of nitrogens with zero attached hydrogens (tertiary/aromatic N) is 2. The van der Waals surface area contributed by atoms with Crippen LogP contribution in [0, 0.1) is 11.6 Å². The topological polar surface area (TPSA) is 66.9 Å². The van der Waals surface area contributed by atoms with Gasteiger partial charge in [0.25, 0.3) is 5.91 Å². The molecule has 150 valence electrons. The molecule has 1 amide bonds. The second-order valence-electron chi connectivity index (χ2n) is 6.20. The summed E-state index contributed by atoms with van der Waals surface area (Å²) in [4.78, 5) is 13.7. The number of carbonyl (C=O) groups is 1. The van der Waals surface area contributed by atoms with Crippen molar-refractivity contribution in [2.45, 2.75) is 11.8 Å². The fourth-order valence-corrected chi connectivity index (χ4v) is 4.52. The summed E-state index contributed by atoms with van der Waals surface area (Å²) in [6, 6.07) is 9.21. The van der Waals surface area contributed by atoms with Gasteiger partial charge >= 0.3 is 0 Å². The second kappa shape index (κ2) is 8.24. The molecule has 1 fully saturated rings. The van der Waals surface area contributed by atoms with Crippen molar-refractivity contribution in [1.82, 2.24) is 9.21 Å². The normalized spacial score (nSPS) is 15.5. The lowest BCUT2D eigenvalue weighted by Gasteiger charge is -2.34. The molecule has 1 aliphatic rings. The highest BCUT2D eigenvalue weighted by Crippen LogP contribution is 2.24. The summed E-state index contributed by atoms with van der Waals surface area (Å²) >= 11 is 0. The summed E-state index contributed by atoms with van der Waals surface area (Å²) in [5.74, 6) is -1.77. The van der Waals surface area contributed by atoms with E-state index in [0.717, 1.165) is 16.4 Å². The van der Waals surface area contributed by atoms with E-state index in [2.05, 4.69) is 0 Å². The molecule has 0 aliphatic carbocycles. The van der Waals surface area contributed by atoms with Gasteiger partial charge in [0.05, 0.1) is 12.2 Å². The number of hydrogen-bond donors (Lipinski definition) is 0. The maximum Gasteiger partial charge on any atom is 0.257 e. The first-order valence-electron chi connectivity index (χ1n) is 8.81. The molecule has 9 heteroatoms. The third-order valence-corrected chi connectivity index (χ3v) is 6.39. The van der Waals surface area contributed by atoms with Crippen LogP contribution in [0.2, 0.25) is 0 Å². The zero-order chi connectivity index (χ0) is 20.3. The third-order valence-electron chi connectivity index (χ3n) is 4.45. The second-order valence-corrected chi connectivity index (χ2v) is 8.11. The van der Waals surface area contributed by atoms with Crippen LogP contribution in [-0.4, -0.2) is 56.3 Å². The van der Waals surface area contributed by atoms with E-state index in [1.807, 2.05) is 6.92 Å². The lowest BCUT2D eigenvalue weighted by molar-refractivity contribution is 0.0693. The Morgan fingerprint density at radius 2 is 1.75 bits per heavy atom. The highest BCUT2D eigenvalue weighted by atomic mass is 32.2. The molecule has 2 aromatic carbocycles. The quantitative estimate of drug-likeness (QED) is 0.760. The molecule has 0 bridgehead atoms. The zero-order valence-electron chi connectivity index (χ0n) is 15.3. The molecular formula is C19H20F2N2O4S. The molecule has 1 aliphatic heterocycles. The number of piperazine rings is 1. The van der Waals surface area contributed by atoms with Crippen LogP contribution in [0.4, 0.5) is 8.78 Å². The Hall–Kier alpha value is -2.52. The van der Waals surface area contributed by atoms with E-state index >= 15 is 0 Å². The average Bonchev–Trinajstić information content (AvgIpc) is 2.68. The highest BCUT2D eigenvalue weighted by molar-refractivity contribution is 7.89. The van der Waals surface area contributed by atoms with E-state index in [1.165, 1.54) is 4.90 Å². The van der Waals surface area contributed by atoms with Crippen molar-refractivity contribution in [2.75, 3.05) is 32.8 Å². The minimum atomic E-state index is -4.11. The highest BCUT2D eigenvalue weighted by Gasteiger charge is 2.32. The predicted octanol–water partition coefficient (Wildman–Crippen LogP) is 2.51. The average molecular weight is 410 g/mol. The molecule has 0 radical (unpaired) electrons. The van der Waals surface area contributed by atoms with Crippen LogP contribution in [0.25, 0.3) is 0 Å². The SMILES string of the molecule is CCOc1ccccc1C(=O)N1CCN(S(=O)(=O)c2ccc(F)cc2F)CC1. The van der Waals surface area contributed by atoms with Gasteiger partial charge in [-0.15, -0.1) is 0 Å². The summed E-state index contributed by atoms with van der Waals surface area (Å²) in [5, 5.41) is 0. The Morgan fingerprint density at radius 3 is 2.39 bits per heavy atom. The first-order valence-corrected chi connectivity index (χ1v) is 10.2. The van der Waals surface area contributed by atoms with Gasteiger partial charge in [0.1, 0.15) is 22.3 Å². The Kier molecular flexibility index (Phi) is 5.95. The van der Waals surface area contributed by atoms with Crippen molar-refractivity contribution >= 4 is 15.9 Å². The van der Waals surface area contributed by atoms with Crippen molar-refractivity contribution in [1.29, 1.82) is 0 Å². The maximum atomic E-state index is 13.9. The van der Waals surface area contributed by atoms with E-state index in [0.29, 0.717) is 24.0 Å². The molecule has 0 N–H and O–H groups in total. The first kappa shape index (κ1) is 20.2. The molecule has 0 spiro atoms. The van der Waals surface area contributed by atoms with Crippen LogP contribution in [-0.2, 0) is 10.0 Å². The van der Waals surface area contributed by atoms with Gasteiger partial charge < -0.3 is 9.64 Å². The van der Waals surface area contributed by atoms with Crippen molar-refractivity contribution in [3.05, 3.63) is 59.7 Å². The molecule has 6 nitrogen and oxygen atoms in total. The van der Waals surface area contributed by atoms with Crippen molar-refractivity contribution in [2.24, 2.45) is 0 Å². The Bertz CT molecular complexity index is 974. The minimum Gasteiger partial charge on any atom is -0.493 e. The Balaban J connectivity index is 1.73. The lowest BCUT2D eigenvalue weighted by atomic mass is 10.1. The number of carbonyl (C=O) groups excluding carboxylic acids is 1. The summed E-state index contributed by atoms with van der Waals surface area (Å²) in [6.45, 7) is 2.57. The molecule has 0 saturated carbocycles. The van der Waals surface area contributed by atoms with Gasteiger partial charge in [-0.25, -0.2) is 17.2 Å². The number of amides is 1. The van der Waals surface area contributed by atoms with Gasteiger partial charge in [0.2, 0.25) is 10.0 Å². The lowest BCUT2D eigenvalue weighted by Crippen LogP contribution is -2.50. The summed E-state index contributed by atoms with van der Waals surface area (Å²) in [7, 11) is -4.11. The van der Waals surface area contributed by atoms with Gasteiger partial charge in [-0.3, -0.25) is 4.79 Å². The monoisotopic (exact) mass is 410 g/mol.